The lowest BCUT2D eigenvalue weighted by Crippen LogP contribution is -2.09. The smallest absolute Gasteiger partial charge is 0.115 e. The van der Waals surface area contributed by atoms with Crippen molar-refractivity contribution < 1.29 is 5.11 Å². The minimum atomic E-state index is 0.234. The number of phenols is 1. The zero-order valence-corrected chi connectivity index (χ0v) is 12.9. The molecular weight excluding hydrogens is 246 g/mol. The van der Waals surface area contributed by atoms with Crippen molar-refractivity contribution in [1.29, 1.82) is 0 Å². The van der Waals surface area contributed by atoms with Crippen LogP contribution in [0.4, 0.5) is 5.69 Å². The van der Waals surface area contributed by atoms with Crippen LogP contribution in [0, 0.1) is 27.7 Å². The molecule has 2 aromatic carbocycles. The number of hydrogen-bond acceptors (Lipinski definition) is 2. The Hall–Kier alpha value is -1.96. The lowest BCUT2D eigenvalue weighted by Gasteiger charge is -2.20. The van der Waals surface area contributed by atoms with E-state index in [9.17, 15) is 5.11 Å². The molecule has 0 fully saturated rings. The number of benzene rings is 2. The van der Waals surface area contributed by atoms with Crippen LogP contribution in [0.5, 0.6) is 5.75 Å². The summed E-state index contributed by atoms with van der Waals surface area (Å²) < 4.78 is 0. The van der Waals surface area contributed by atoms with E-state index in [1.54, 1.807) is 12.1 Å². The predicted molar refractivity (Wildman–Crippen MR) is 85.5 cm³/mol. The van der Waals surface area contributed by atoms with E-state index in [-0.39, 0.29) is 6.04 Å². The van der Waals surface area contributed by atoms with Gasteiger partial charge in [-0.2, -0.15) is 0 Å². The van der Waals surface area contributed by atoms with Gasteiger partial charge in [-0.3, -0.25) is 0 Å². The van der Waals surface area contributed by atoms with Crippen molar-refractivity contribution >= 4 is 5.69 Å². The third kappa shape index (κ3) is 2.96. The van der Waals surface area contributed by atoms with Gasteiger partial charge in [-0.25, -0.2) is 0 Å². The highest BCUT2D eigenvalue weighted by Gasteiger charge is 2.11. The van der Waals surface area contributed by atoms with Gasteiger partial charge >= 0.3 is 0 Å². The molecule has 1 atom stereocenters. The zero-order chi connectivity index (χ0) is 14.9. The maximum Gasteiger partial charge on any atom is 0.115 e. The van der Waals surface area contributed by atoms with E-state index in [1.165, 1.54) is 22.3 Å². The molecule has 0 saturated carbocycles. The van der Waals surface area contributed by atoms with Crippen molar-refractivity contribution in [1.82, 2.24) is 0 Å². The Morgan fingerprint density at radius 1 is 0.850 bits per heavy atom. The van der Waals surface area contributed by atoms with Crippen LogP contribution in [-0.2, 0) is 0 Å². The van der Waals surface area contributed by atoms with Crippen LogP contribution in [0.2, 0.25) is 0 Å². The first kappa shape index (κ1) is 14.4. The van der Waals surface area contributed by atoms with E-state index >= 15 is 0 Å². The summed E-state index contributed by atoms with van der Waals surface area (Å²) in [6.07, 6.45) is 0. The zero-order valence-electron chi connectivity index (χ0n) is 12.9. The van der Waals surface area contributed by atoms with Crippen LogP contribution in [-0.4, -0.2) is 5.11 Å². The average molecular weight is 269 g/mol. The normalized spacial score (nSPS) is 12.2. The molecule has 0 spiro atoms. The number of phenolic OH excluding ortho intramolecular Hbond substituents is 1. The molecule has 0 aromatic heterocycles. The highest BCUT2D eigenvalue weighted by molar-refractivity contribution is 5.55. The second-order valence-electron chi connectivity index (χ2n) is 5.66. The summed E-state index contributed by atoms with van der Waals surface area (Å²) in [6, 6.07) is 10.2. The minimum absolute atomic E-state index is 0.234. The number of hydrogen-bond donors (Lipinski definition) is 2. The number of anilines is 1. The van der Waals surface area contributed by atoms with Gasteiger partial charge in [0.2, 0.25) is 0 Å². The van der Waals surface area contributed by atoms with Crippen LogP contribution < -0.4 is 5.32 Å². The SMILES string of the molecule is Cc1cc(C)c(C(C)Nc2ccc(O)cc2C)cc1C. The lowest BCUT2D eigenvalue weighted by atomic mass is 9.96. The largest absolute Gasteiger partial charge is 0.508 e. The molecule has 106 valence electrons. The Labute approximate surface area is 121 Å². The molecular formula is C18H23NO. The fourth-order valence-corrected chi connectivity index (χ4v) is 2.57. The van der Waals surface area contributed by atoms with Crippen molar-refractivity contribution in [3.63, 3.8) is 0 Å². The second-order valence-corrected chi connectivity index (χ2v) is 5.66. The highest BCUT2D eigenvalue weighted by atomic mass is 16.3. The van der Waals surface area contributed by atoms with Gasteiger partial charge in [-0.1, -0.05) is 12.1 Å². The van der Waals surface area contributed by atoms with Crippen LogP contribution in [0.3, 0.4) is 0 Å². The molecule has 2 heteroatoms. The molecule has 0 saturated heterocycles. The lowest BCUT2D eigenvalue weighted by molar-refractivity contribution is 0.475. The average Bonchev–Trinajstić information content (AvgIpc) is 2.37. The predicted octanol–water partition coefficient (Wildman–Crippen LogP) is 4.80. The topological polar surface area (TPSA) is 32.3 Å². The summed E-state index contributed by atoms with van der Waals surface area (Å²) in [5.41, 5.74) is 7.40. The summed E-state index contributed by atoms with van der Waals surface area (Å²) in [5.74, 6) is 0.308. The third-order valence-electron chi connectivity index (χ3n) is 3.93. The summed E-state index contributed by atoms with van der Waals surface area (Å²) in [7, 11) is 0. The van der Waals surface area contributed by atoms with E-state index < -0.39 is 0 Å². The maximum absolute atomic E-state index is 9.47. The minimum Gasteiger partial charge on any atom is -0.508 e. The van der Waals surface area contributed by atoms with Crippen LogP contribution in [0.15, 0.2) is 30.3 Å². The molecule has 2 rings (SSSR count). The van der Waals surface area contributed by atoms with Crippen molar-refractivity contribution in [2.45, 2.75) is 40.7 Å². The molecule has 2 nitrogen and oxygen atoms in total. The molecule has 2 N–H and O–H groups in total. The monoisotopic (exact) mass is 269 g/mol. The first-order chi connectivity index (χ1) is 9.38. The summed E-state index contributed by atoms with van der Waals surface area (Å²) in [4.78, 5) is 0. The number of rotatable bonds is 3. The molecule has 2 aromatic rings. The summed E-state index contributed by atoms with van der Waals surface area (Å²) >= 11 is 0. The van der Waals surface area contributed by atoms with E-state index in [1.807, 2.05) is 13.0 Å². The van der Waals surface area contributed by atoms with Gasteiger partial charge in [0.25, 0.3) is 0 Å². The number of aromatic hydroxyl groups is 1. The Kier molecular flexibility index (Phi) is 4.03. The van der Waals surface area contributed by atoms with E-state index in [0.717, 1.165) is 11.3 Å². The molecule has 0 aliphatic carbocycles. The van der Waals surface area contributed by atoms with Crippen LogP contribution in [0.1, 0.15) is 40.8 Å². The van der Waals surface area contributed by atoms with Gasteiger partial charge < -0.3 is 10.4 Å². The molecule has 0 bridgehead atoms. The number of nitrogens with one attached hydrogen (secondary N) is 1. The molecule has 0 radical (unpaired) electrons. The van der Waals surface area contributed by atoms with Crippen molar-refractivity contribution in [2.24, 2.45) is 0 Å². The highest BCUT2D eigenvalue weighted by Crippen LogP contribution is 2.27. The van der Waals surface area contributed by atoms with Gasteiger partial charge in [0, 0.05) is 11.7 Å². The van der Waals surface area contributed by atoms with E-state index in [2.05, 4.69) is 45.1 Å². The summed E-state index contributed by atoms with van der Waals surface area (Å²) in [5, 5.41) is 13.0. The second kappa shape index (κ2) is 5.58. The van der Waals surface area contributed by atoms with Crippen molar-refractivity contribution in [3.8, 4) is 5.75 Å². The van der Waals surface area contributed by atoms with Gasteiger partial charge in [-0.15, -0.1) is 0 Å². The Balaban J connectivity index is 2.28. The third-order valence-corrected chi connectivity index (χ3v) is 3.93. The van der Waals surface area contributed by atoms with E-state index in [4.69, 9.17) is 0 Å². The standard InChI is InChI=1S/C18H23NO/c1-11-8-13(3)17(10-12(11)2)15(5)19-18-7-6-16(20)9-14(18)4/h6-10,15,19-20H,1-5H3. The van der Waals surface area contributed by atoms with E-state index in [0.29, 0.717) is 5.75 Å². The van der Waals surface area contributed by atoms with Gasteiger partial charge in [0.1, 0.15) is 5.75 Å². The Morgan fingerprint density at radius 2 is 1.50 bits per heavy atom. The Morgan fingerprint density at radius 3 is 2.15 bits per heavy atom. The molecule has 0 aliphatic heterocycles. The molecule has 1 unspecified atom stereocenters. The summed E-state index contributed by atoms with van der Waals surface area (Å²) in [6.45, 7) is 10.6. The molecule has 0 amide bonds. The van der Waals surface area contributed by atoms with Gasteiger partial charge in [0.15, 0.2) is 0 Å². The molecule has 20 heavy (non-hydrogen) atoms. The van der Waals surface area contributed by atoms with Crippen LogP contribution in [0.25, 0.3) is 0 Å². The maximum atomic E-state index is 9.47. The van der Waals surface area contributed by atoms with Gasteiger partial charge in [0.05, 0.1) is 0 Å². The quantitative estimate of drug-likeness (QED) is 0.784. The Bertz CT molecular complexity index is 632. The van der Waals surface area contributed by atoms with Crippen molar-refractivity contribution in [3.05, 3.63) is 58.1 Å². The molecule has 0 heterocycles. The fraction of sp³-hybridized carbons (Fsp3) is 0.333. The molecule has 0 aliphatic rings. The first-order valence-corrected chi connectivity index (χ1v) is 7.02. The number of aryl methyl sites for hydroxylation is 4. The van der Waals surface area contributed by atoms with Crippen molar-refractivity contribution in [2.75, 3.05) is 5.32 Å². The van der Waals surface area contributed by atoms with Gasteiger partial charge in [-0.05, 0) is 80.6 Å². The fourth-order valence-electron chi connectivity index (χ4n) is 2.57. The first-order valence-electron chi connectivity index (χ1n) is 7.02. The van der Waals surface area contributed by atoms with Crippen LogP contribution >= 0.6 is 0 Å².